The van der Waals surface area contributed by atoms with Crippen LogP contribution >= 0.6 is 15.9 Å². The van der Waals surface area contributed by atoms with Gasteiger partial charge in [0.25, 0.3) is 5.91 Å². The van der Waals surface area contributed by atoms with E-state index >= 15 is 0 Å². The van der Waals surface area contributed by atoms with E-state index in [4.69, 9.17) is 9.26 Å². The quantitative estimate of drug-likeness (QED) is 0.946. The van der Waals surface area contributed by atoms with Crippen molar-refractivity contribution in [2.24, 2.45) is 0 Å². The van der Waals surface area contributed by atoms with Gasteiger partial charge in [-0.1, -0.05) is 5.16 Å². The number of ether oxygens (including phenoxy) is 1. The SMILES string of the molecule is COc1ccc(Br)c(NC(=O)c2cnoc2C)c1. The van der Waals surface area contributed by atoms with E-state index in [0.717, 1.165) is 4.47 Å². The number of anilines is 1. The molecule has 0 saturated heterocycles. The molecule has 18 heavy (non-hydrogen) atoms. The van der Waals surface area contributed by atoms with Crippen molar-refractivity contribution in [2.75, 3.05) is 12.4 Å². The van der Waals surface area contributed by atoms with Gasteiger partial charge in [0.05, 0.1) is 19.0 Å². The van der Waals surface area contributed by atoms with Crippen molar-refractivity contribution in [3.05, 3.63) is 40.2 Å². The van der Waals surface area contributed by atoms with E-state index in [1.807, 2.05) is 0 Å². The molecule has 0 atom stereocenters. The molecule has 1 aromatic heterocycles. The maximum absolute atomic E-state index is 12.0. The molecule has 1 N–H and O–H groups in total. The number of amides is 1. The van der Waals surface area contributed by atoms with Crippen molar-refractivity contribution >= 4 is 27.5 Å². The molecule has 0 aliphatic heterocycles. The third-order valence-electron chi connectivity index (χ3n) is 2.42. The van der Waals surface area contributed by atoms with Crippen LogP contribution in [0, 0.1) is 6.92 Å². The average Bonchev–Trinajstić information content (AvgIpc) is 2.78. The Hall–Kier alpha value is -1.82. The Kier molecular flexibility index (Phi) is 3.66. The summed E-state index contributed by atoms with van der Waals surface area (Å²) in [5.41, 5.74) is 1.03. The molecule has 5 nitrogen and oxygen atoms in total. The number of rotatable bonds is 3. The Morgan fingerprint density at radius 3 is 2.89 bits per heavy atom. The number of benzene rings is 1. The number of carbonyl (C=O) groups is 1. The average molecular weight is 311 g/mol. The van der Waals surface area contributed by atoms with Gasteiger partial charge >= 0.3 is 0 Å². The van der Waals surface area contributed by atoms with Crippen molar-refractivity contribution in [2.45, 2.75) is 6.92 Å². The summed E-state index contributed by atoms with van der Waals surface area (Å²) in [6.45, 7) is 1.68. The van der Waals surface area contributed by atoms with Crippen molar-refractivity contribution in [3.63, 3.8) is 0 Å². The highest BCUT2D eigenvalue weighted by Gasteiger charge is 2.14. The number of nitrogens with zero attached hydrogens (tertiary/aromatic N) is 1. The van der Waals surface area contributed by atoms with Crippen molar-refractivity contribution in [3.8, 4) is 5.75 Å². The molecule has 0 saturated carbocycles. The summed E-state index contributed by atoms with van der Waals surface area (Å²) in [5.74, 6) is 0.866. The summed E-state index contributed by atoms with van der Waals surface area (Å²) in [6, 6.07) is 5.32. The first-order valence-electron chi connectivity index (χ1n) is 5.18. The second-order valence-corrected chi connectivity index (χ2v) is 4.45. The van der Waals surface area contributed by atoms with E-state index < -0.39 is 0 Å². The van der Waals surface area contributed by atoms with Crippen molar-refractivity contribution < 1.29 is 14.1 Å². The number of nitrogens with one attached hydrogen (secondary N) is 1. The Morgan fingerprint density at radius 2 is 2.28 bits per heavy atom. The van der Waals surface area contributed by atoms with E-state index in [9.17, 15) is 4.79 Å². The Labute approximate surface area is 112 Å². The molecule has 0 radical (unpaired) electrons. The van der Waals surface area contributed by atoms with Crippen LogP contribution in [-0.4, -0.2) is 18.2 Å². The van der Waals surface area contributed by atoms with Crippen LogP contribution in [-0.2, 0) is 0 Å². The second-order valence-electron chi connectivity index (χ2n) is 3.60. The molecular weight excluding hydrogens is 300 g/mol. The first-order chi connectivity index (χ1) is 8.61. The van der Waals surface area contributed by atoms with E-state index in [-0.39, 0.29) is 5.91 Å². The van der Waals surface area contributed by atoms with E-state index in [1.54, 1.807) is 32.2 Å². The summed E-state index contributed by atoms with van der Waals surface area (Å²) < 4.78 is 10.7. The first kappa shape index (κ1) is 12.6. The highest BCUT2D eigenvalue weighted by Crippen LogP contribution is 2.27. The summed E-state index contributed by atoms with van der Waals surface area (Å²) in [5, 5.41) is 6.33. The van der Waals surface area contributed by atoms with Crippen LogP contribution in [0.3, 0.4) is 0 Å². The summed E-state index contributed by atoms with van der Waals surface area (Å²) >= 11 is 3.36. The number of halogens is 1. The van der Waals surface area contributed by atoms with Gasteiger partial charge in [-0.2, -0.15) is 0 Å². The smallest absolute Gasteiger partial charge is 0.260 e. The number of aryl methyl sites for hydroxylation is 1. The maximum atomic E-state index is 12.0. The largest absolute Gasteiger partial charge is 0.497 e. The Morgan fingerprint density at radius 1 is 1.50 bits per heavy atom. The van der Waals surface area contributed by atoms with E-state index in [2.05, 4.69) is 26.4 Å². The van der Waals surface area contributed by atoms with E-state index in [1.165, 1.54) is 6.20 Å². The molecule has 2 aromatic rings. The lowest BCUT2D eigenvalue weighted by atomic mass is 10.2. The fraction of sp³-hybridized carbons (Fsp3) is 0.167. The summed E-state index contributed by atoms with van der Waals surface area (Å²) in [7, 11) is 1.57. The van der Waals surface area contributed by atoms with Gasteiger partial charge < -0.3 is 14.6 Å². The van der Waals surface area contributed by atoms with Crippen LogP contribution in [0.2, 0.25) is 0 Å². The molecule has 1 aromatic carbocycles. The molecule has 1 heterocycles. The monoisotopic (exact) mass is 310 g/mol. The van der Waals surface area contributed by atoms with E-state index in [0.29, 0.717) is 22.8 Å². The number of carbonyl (C=O) groups excluding carboxylic acids is 1. The molecule has 1 amide bonds. The standard InChI is InChI=1S/C12H11BrN2O3/c1-7-9(6-14-18-7)12(16)15-11-5-8(17-2)3-4-10(11)13/h3-6H,1-2H3,(H,15,16). The molecule has 94 valence electrons. The zero-order valence-electron chi connectivity index (χ0n) is 9.86. The van der Waals surface area contributed by atoms with Gasteiger partial charge in [-0.15, -0.1) is 0 Å². The number of aromatic nitrogens is 1. The predicted molar refractivity (Wildman–Crippen MR) is 69.9 cm³/mol. The molecule has 2 rings (SSSR count). The van der Waals surface area contributed by atoms with Gasteiger partial charge in [-0.25, -0.2) is 0 Å². The fourth-order valence-electron chi connectivity index (χ4n) is 1.43. The van der Waals surface area contributed by atoms with Gasteiger partial charge in [-0.05, 0) is 35.0 Å². The van der Waals surface area contributed by atoms with Crippen LogP contribution in [0.15, 0.2) is 33.4 Å². The van der Waals surface area contributed by atoms with Crippen LogP contribution in [0.25, 0.3) is 0 Å². The molecule has 0 unspecified atom stereocenters. The van der Waals surface area contributed by atoms with Crippen LogP contribution < -0.4 is 10.1 Å². The lowest BCUT2D eigenvalue weighted by Crippen LogP contribution is -2.12. The third kappa shape index (κ3) is 2.53. The van der Waals surface area contributed by atoms with Gasteiger partial charge in [0.2, 0.25) is 0 Å². The highest BCUT2D eigenvalue weighted by molar-refractivity contribution is 9.10. The second kappa shape index (κ2) is 5.22. The molecule has 0 fully saturated rings. The van der Waals surface area contributed by atoms with Crippen LogP contribution in [0.1, 0.15) is 16.1 Å². The Balaban J connectivity index is 2.24. The lowest BCUT2D eigenvalue weighted by molar-refractivity contribution is 0.102. The minimum atomic E-state index is -0.275. The van der Waals surface area contributed by atoms with Gasteiger partial charge in [-0.3, -0.25) is 4.79 Å². The van der Waals surface area contributed by atoms with Crippen LogP contribution in [0.5, 0.6) is 5.75 Å². The zero-order chi connectivity index (χ0) is 13.1. The zero-order valence-corrected chi connectivity index (χ0v) is 11.4. The summed E-state index contributed by atoms with van der Waals surface area (Å²) in [4.78, 5) is 12.0. The minimum Gasteiger partial charge on any atom is -0.497 e. The maximum Gasteiger partial charge on any atom is 0.260 e. The van der Waals surface area contributed by atoms with Gasteiger partial charge in [0.15, 0.2) is 0 Å². The third-order valence-corrected chi connectivity index (χ3v) is 3.11. The fourth-order valence-corrected chi connectivity index (χ4v) is 1.78. The first-order valence-corrected chi connectivity index (χ1v) is 5.97. The van der Waals surface area contributed by atoms with Gasteiger partial charge in [0, 0.05) is 10.5 Å². The topological polar surface area (TPSA) is 64.4 Å². The predicted octanol–water partition coefficient (Wildman–Crippen LogP) is 3.01. The number of hydrogen-bond acceptors (Lipinski definition) is 4. The number of hydrogen-bond donors (Lipinski definition) is 1. The van der Waals surface area contributed by atoms with Crippen molar-refractivity contribution in [1.29, 1.82) is 0 Å². The minimum absolute atomic E-state index is 0.275. The lowest BCUT2D eigenvalue weighted by Gasteiger charge is -2.08. The van der Waals surface area contributed by atoms with Crippen molar-refractivity contribution in [1.82, 2.24) is 5.16 Å². The van der Waals surface area contributed by atoms with Crippen LogP contribution in [0.4, 0.5) is 5.69 Å². The molecule has 6 heteroatoms. The molecule has 0 aliphatic carbocycles. The number of methoxy groups -OCH3 is 1. The summed E-state index contributed by atoms with van der Waals surface area (Å²) in [6.07, 6.45) is 1.39. The molecular formula is C12H11BrN2O3. The highest BCUT2D eigenvalue weighted by atomic mass is 79.9. The molecule has 0 bridgehead atoms. The Bertz CT molecular complexity index is 580. The van der Waals surface area contributed by atoms with Gasteiger partial charge in [0.1, 0.15) is 17.1 Å². The normalized spacial score (nSPS) is 10.2. The molecule has 0 aliphatic rings. The molecule has 0 spiro atoms.